The lowest BCUT2D eigenvalue weighted by Crippen LogP contribution is -2.03. The van der Waals surface area contributed by atoms with Gasteiger partial charge in [0.05, 0.1) is 12.5 Å². The van der Waals surface area contributed by atoms with Crippen molar-refractivity contribution in [3.63, 3.8) is 0 Å². The molecule has 5 nitrogen and oxygen atoms in total. The van der Waals surface area contributed by atoms with Crippen molar-refractivity contribution in [2.75, 3.05) is 7.11 Å². The van der Waals surface area contributed by atoms with Crippen LogP contribution in [0.4, 0.5) is 0 Å². The Hall–Kier alpha value is -3.34. The molecule has 0 N–H and O–H groups in total. The van der Waals surface area contributed by atoms with Gasteiger partial charge in [-0.05, 0) is 55.3 Å². The number of fused-ring (bicyclic) bond motifs is 3. The van der Waals surface area contributed by atoms with Crippen molar-refractivity contribution in [3.05, 3.63) is 75.3 Å². The average molecular weight is 362 g/mol. The number of hydrogen-bond donors (Lipinski definition) is 0. The van der Waals surface area contributed by atoms with Gasteiger partial charge in [0.2, 0.25) is 5.78 Å². The largest absolute Gasteiger partial charge is 0.497 e. The van der Waals surface area contributed by atoms with Crippen LogP contribution in [0.15, 0.2) is 56.1 Å². The molecule has 0 bridgehead atoms. The molecule has 4 aromatic rings. The summed E-state index contributed by atoms with van der Waals surface area (Å²) >= 11 is 0. The molecule has 5 heteroatoms. The topological polar surface area (TPSA) is 69.7 Å². The average Bonchev–Trinajstić information content (AvgIpc) is 3.06. The van der Waals surface area contributed by atoms with Gasteiger partial charge in [-0.25, -0.2) is 4.79 Å². The number of furan rings is 1. The van der Waals surface area contributed by atoms with E-state index < -0.39 is 5.63 Å². The first-order chi connectivity index (χ1) is 13.0. The highest BCUT2D eigenvalue weighted by Crippen LogP contribution is 2.34. The van der Waals surface area contributed by atoms with E-state index in [1.807, 2.05) is 26.0 Å². The van der Waals surface area contributed by atoms with Gasteiger partial charge in [-0.2, -0.15) is 0 Å². The molecule has 136 valence electrons. The van der Waals surface area contributed by atoms with Gasteiger partial charge in [0.1, 0.15) is 16.9 Å². The van der Waals surface area contributed by atoms with Gasteiger partial charge < -0.3 is 13.6 Å². The Kier molecular flexibility index (Phi) is 4.07. The maximum Gasteiger partial charge on any atom is 0.336 e. The number of carbonyl (C=O) groups excluding carboxylic acids is 1. The van der Waals surface area contributed by atoms with Crippen molar-refractivity contribution in [3.8, 4) is 5.75 Å². The zero-order valence-electron chi connectivity index (χ0n) is 15.3. The zero-order valence-corrected chi connectivity index (χ0v) is 15.3. The van der Waals surface area contributed by atoms with E-state index in [0.29, 0.717) is 34.3 Å². The third kappa shape index (κ3) is 2.72. The molecule has 0 aliphatic rings. The fourth-order valence-electron chi connectivity index (χ4n) is 3.42. The van der Waals surface area contributed by atoms with E-state index in [1.54, 1.807) is 31.4 Å². The van der Waals surface area contributed by atoms with Gasteiger partial charge in [-0.1, -0.05) is 6.92 Å². The highest BCUT2D eigenvalue weighted by molar-refractivity contribution is 6.14. The molecule has 0 saturated carbocycles. The van der Waals surface area contributed by atoms with Crippen molar-refractivity contribution in [2.45, 2.75) is 20.3 Å². The molecule has 4 rings (SSSR count). The number of hydrogen-bond acceptors (Lipinski definition) is 5. The molecule has 2 heterocycles. The Labute approximate surface area is 155 Å². The smallest absolute Gasteiger partial charge is 0.336 e. The summed E-state index contributed by atoms with van der Waals surface area (Å²) < 4.78 is 16.5. The first kappa shape index (κ1) is 17.1. The van der Waals surface area contributed by atoms with Crippen LogP contribution in [0.3, 0.4) is 0 Å². The summed E-state index contributed by atoms with van der Waals surface area (Å²) in [5, 5.41) is 1.52. The van der Waals surface area contributed by atoms with Crippen LogP contribution in [0.5, 0.6) is 5.75 Å². The van der Waals surface area contributed by atoms with Crippen molar-refractivity contribution in [1.29, 1.82) is 0 Å². The summed E-state index contributed by atoms with van der Waals surface area (Å²) in [6.07, 6.45) is 0.570. The van der Waals surface area contributed by atoms with Gasteiger partial charge in [-0.15, -0.1) is 0 Å². The fourth-order valence-corrected chi connectivity index (χ4v) is 3.42. The van der Waals surface area contributed by atoms with Crippen molar-refractivity contribution < 1.29 is 18.4 Å². The number of aryl methyl sites for hydroxylation is 2. The molecular formula is C22H18O5. The molecule has 2 aromatic carbocycles. The van der Waals surface area contributed by atoms with Crippen LogP contribution in [0.1, 0.15) is 34.2 Å². The first-order valence-corrected chi connectivity index (χ1v) is 8.71. The molecule has 0 aliphatic carbocycles. The summed E-state index contributed by atoms with van der Waals surface area (Å²) in [5.74, 6) is 0.735. The summed E-state index contributed by atoms with van der Waals surface area (Å²) in [7, 11) is 1.58. The minimum Gasteiger partial charge on any atom is -0.497 e. The second kappa shape index (κ2) is 6.43. The molecule has 0 atom stereocenters. The maximum atomic E-state index is 13.0. The first-order valence-electron chi connectivity index (χ1n) is 8.71. The molecule has 0 amide bonds. The third-order valence-corrected chi connectivity index (χ3v) is 4.78. The van der Waals surface area contributed by atoms with Gasteiger partial charge in [0.25, 0.3) is 0 Å². The normalized spacial score (nSPS) is 11.2. The molecule has 0 radical (unpaired) electrons. The Bertz CT molecular complexity index is 1230. The molecule has 0 unspecified atom stereocenters. The lowest BCUT2D eigenvalue weighted by molar-refractivity contribution is 0.101. The SMILES string of the molecule is CCc1c(C(=O)c2ccc(OC)cc2)oc2ccc3c(C)cc(=O)oc3c12. The summed E-state index contributed by atoms with van der Waals surface area (Å²) in [5.41, 5.74) is 2.65. The minimum absolute atomic E-state index is 0.214. The predicted octanol–water partition coefficient (Wildman–Crippen LogP) is 4.65. The highest BCUT2D eigenvalue weighted by atomic mass is 16.5. The highest BCUT2D eigenvalue weighted by Gasteiger charge is 2.23. The van der Waals surface area contributed by atoms with Crippen molar-refractivity contribution in [2.24, 2.45) is 0 Å². The lowest BCUT2D eigenvalue weighted by Gasteiger charge is -2.03. The van der Waals surface area contributed by atoms with Crippen LogP contribution in [0.25, 0.3) is 21.9 Å². The Morgan fingerprint density at radius 3 is 2.48 bits per heavy atom. The van der Waals surface area contributed by atoms with E-state index in [0.717, 1.165) is 16.5 Å². The second-order valence-corrected chi connectivity index (χ2v) is 6.38. The zero-order chi connectivity index (χ0) is 19.1. The van der Waals surface area contributed by atoms with Gasteiger partial charge in [0, 0.05) is 22.6 Å². The quantitative estimate of drug-likeness (QED) is 0.390. The van der Waals surface area contributed by atoms with E-state index in [-0.39, 0.29) is 11.5 Å². The fraction of sp³-hybridized carbons (Fsp3) is 0.182. The van der Waals surface area contributed by atoms with Crippen LogP contribution in [-0.4, -0.2) is 12.9 Å². The van der Waals surface area contributed by atoms with Crippen LogP contribution in [0.2, 0.25) is 0 Å². The monoisotopic (exact) mass is 362 g/mol. The second-order valence-electron chi connectivity index (χ2n) is 6.38. The molecule has 0 spiro atoms. The van der Waals surface area contributed by atoms with Gasteiger partial charge in [-0.3, -0.25) is 4.79 Å². The van der Waals surface area contributed by atoms with E-state index >= 15 is 0 Å². The minimum atomic E-state index is -0.418. The van der Waals surface area contributed by atoms with E-state index in [4.69, 9.17) is 13.6 Å². The van der Waals surface area contributed by atoms with E-state index in [9.17, 15) is 9.59 Å². The number of ether oxygens (including phenoxy) is 1. The van der Waals surface area contributed by atoms with Crippen LogP contribution >= 0.6 is 0 Å². The molecule has 0 fully saturated rings. The summed E-state index contributed by atoms with van der Waals surface area (Å²) in [6.45, 7) is 3.81. The lowest BCUT2D eigenvalue weighted by atomic mass is 10.00. The number of rotatable bonds is 4. The molecule has 2 aromatic heterocycles. The molecule has 27 heavy (non-hydrogen) atoms. The van der Waals surface area contributed by atoms with Gasteiger partial charge in [0.15, 0.2) is 5.76 Å². The Morgan fingerprint density at radius 1 is 1.07 bits per heavy atom. The summed E-state index contributed by atoms with van der Waals surface area (Å²) in [4.78, 5) is 24.9. The third-order valence-electron chi connectivity index (χ3n) is 4.78. The predicted molar refractivity (Wildman–Crippen MR) is 103 cm³/mol. The molecule has 0 saturated heterocycles. The van der Waals surface area contributed by atoms with E-state index in [2.05, 4.69) is 0 Å². The number of ketones is 1. The number of carbonyl (C=O) groups is 1. The summed E-state index contributed by atoms with van der Waals surface area (Å²) in [6, 6.07) is 12.0. The number of methoxy groups -OCH3 is 1. The standard InChI is InChI=1S/C22H18O5/c1-4-15-19-17(10-9-16-12(2)11-18(23)27-21(16)19)26-22(15)20(24)13-5-7-14(25-3)8-6-13/h5-11H,4H2,1-3H3. The maximum absolute atomic E-state index is 13.0. The molecular weight excluding hydrogens is 344 g/mol. The van der Waals surface area contributed by atoms with Crippen LogP contribution in [0, 0.1) is 6.92 Å². The molecule has 0 aliphatic heterocycles. The Balaban J connectivity index is 1.97. The van der Waals surface area contributed by atoms with Crippen LogP contribution in [-0.2, 0) is 6.42 Å². The van der Waals surface area contributed by atoms with Crippen LogP contribution < -0.4 is 10.4 Å². The van der Waals surface area contributed by atoms with Gasteiger partial charge >= 0.3 is 5.63 Å². The Morgan fingerprint density at radius 2 is 1.81 bits per heavy atom. The van der Waals surface area contributed by atoms with Crippen molar-refractivity contribution >= 4 is 27.7 Å². The van der Waals surface area contributed by atoms with Crippen molar-refractivity contribution in [1.82, 2.24) is 0 Å². The van der Waals surface area contributed by atoms with E-state index in [1.165, 1.54) is 6.07 Å². The number of benzene rings is 2.